The van der Waals surface area contributed by atoms with Crippen LogP contribution in [0.5, 0.6) is 17.2 Å². The van der Waals surface area contributed by atoms with Gasteiger partial charge in [-0.3, -0.25) is 4.99 Å². The second kappa shape index (κ2) is 10.7. The fourth-order valence-electron chi connectivity index (χ4n) is 3.54. The van der Waals surface area contributed by atoms with E-state index in [1.165, 1.54) is 6.07 Å². The quantitative estimate of drug-likeness (QED) is 0.309. The molecule has 0 aromatic heterocycles. The minimum Gasteiger partial charge on any atom is -0.493 e. The van der Waals surface area contributed by atoms with Gasteiger partial charge in [0, 0.05) is 31.1 Å². The molecule has 0 atom stereocenters. The van der Waals surface area contributed by atoms with Gasteiger partial charge >= 0.3 is 0 Å². The van der Waals surface area contributed by atoms with Crippen molar-refractivity contribution >= 4 is 29.9 Å². The lowest BCUT2D eigenvalue weighted by atomic mass is 9.95. The molecule has 0 bridgehead atoms. The summed E-state index contributed by atoms with van der Waals surface area (Å²) in [6, 6.07) is 10.8. The zero-order chi connectivity index (χ0) is 20.9. The fourth-order valence-corrected chi connectivity index (χ4v) is 3.54. The highest BCUT2D eigenvalue weighted by molar-refractivity contribution is 14.0. The molecule has 2 aromatic rings. The SMILES string of the molecule is CN=C(NCc1ccc(OC)c(OC)c1OC)NCC1(c2ccccc2F)CC1.I. The van der Waals surface area contributed by atoms with Gasteiger partial charge in [0.2, 0.25) is 5.75 Å². The topological polar surface area (TPSA) is 64.1 Å². The highest BCUT2D eigenvalue weighted by Gasteiger charge is 2.45. The van der Waals surface area contributed by atoms with Gasteiger partial charge in [0.25, 0.3) is 0 Å². The molecule has 0 saturated heterocycles. The number of rotatable bonds is 8. The molecule has 1 aliphatic rings. The van der Waals surface area contributed by atoms with Crippen molar-refractivity contribution in [3.05, 3.63) is 53.3 Å². The van der Waals surface area contributed by atoms with Gasteiger partial charge in [-0.05, 0) is 36.6 Å². The molecule has 0 radical (unpaired) electrons. The Labute approximate surface area is 194 Å². The first-order chi connectivity index (χ1) is 14.1. The Morgan fingerprint density at radius 3 is 2.27 bits per heavy atom. The van der Waals surface area contributed by atoms with Crippen LogP contribution < -0.4 is 24.8 Å². The van der Waals surface area contributed by atoms with Crippen LogP contribution in [0.2, 0.25) is 0 Å². The molecule has 0 aliphatic heterocycles. The van der Waals surface area contributed by atoms with E-state index in [1.54, 1.807) is 34.4 Å². The van der Waals surface area contributed by atoms with E-state index in [-0.39, 0.29) is 35.2 Å². The molecule has 0 heterocycles. The predicted octanol–water partition coefficient (Wildman–Crippen LogP) is 3.87. The molecule has 1 aliphatic carbocycles. The van der Waals surface area contributed by atoms with Gasteiger partial charge < -0.3 is 24.8 Å². The zero-order valence-electron chi connectivity index (χ0n) is 17.8. The number of guanidine groups is 1. The molecule has 30 heavy (non-hydrogen) atoms. The smallest absolute Gasteiger partial charge is 0.203 e. The van der Waals surface area contributed by atoms with Crippen LogP contribution in [0.4, 0.5) is 4.39 Å². The largest absolute Gasteiger partial charge is 0.493 e. The molecule has 1 fully saturated rings. The Morgan fingerprint density at radius 2 is 1.70 bits per heavy atom. The van der Waals surface area contributed by atoms with Gasteiger partial charge in [0.05, 0.1) is 21.3 Å². The van der Waals surface area contributed by atoms with Crippen LogP contribution in [0.15, 0.2) is 41.4 Å². The normalized spacial score (nSPS) is 14.4. The Balaban J connectivity index is 0.00000320. The highest BCUT2D eigenvalue weighted by atomic mass is 127. The highest BCUT2D eigenvalue weighted by Crippen LogP contribution is 2.48. The van der Waals surface area contributed by atoms with Crippen molar-refractivity contribution in [1.29, 1.82) is 0 Å². The first-order valence-corrected chi connectivity index (χ1v) is 9.56. The van der Waals surface area contributed by atoms with Gasteiger partial charge in [-0.1, -0.05) is 18.2 Å². The van der Waals surface area contributed by atoms with Crippen LogP contribution >= 0.6 is 24.0 Å². The van der Waals surface area contributed by atoms with Crippen LogP contribution in [-0.4, -0.2) is 40.9 Å². The number of hydrogen-bond acceptors (Lipinski definition) is 4. The van der Waals surface area contributed by atoms with Crippen LogP contribution in [0.25, 0.3) is 0 Å². The third-order valence-corrected chi connectivity index (χ3v) is 5.35. The maximum absolute atomic E-state index is 14.2. The molecular weight excluding hydrogens is 500 g/mol. The van der Waals surface area contributed by atoms with Crippen molar-refractivity contribution in [3.63, 3.8) is 0 Å². The number of hydrogen-bond donors (Lipinski definition) is 2. The van der Waals surface area contributed by atoms with E-state index >= 15 is 0 Å². The number of nitrogens with zero attached hydrogens (tertiary/aromatic N) is 1. The summed E-state index contributed by atoms with van der Waals surface area (Å²) in [7, 11) is 6.48. The maximum atomic E-state index is 14.2. The first-order valence-electron chi connectivity index (χ1n) is 9.56. The average Bonchev–Trinajstić information content (AvgIpc) is 3.54. The van der Waals surface area contributed by atoms with Gasteiger partial charge in [0.15, 0.2) is 17.5 Å². The predicted molar refractivity (Wildman–Crippen MR) is 127 cm³/mol. The number of nitrogens with one attached hydrogen (secondary N) is 2. The van der Waals surface area contributed by atoms with Gasteiger partial charge in [0.1, 0.15) is 5.82 Å². The lowest BCUT2D eigenvalue weighted by Gasteiger charge is -2.20. The molecule has 2 N–H and O–H groups in total. The summed E-state index contributed by atoms with van der Waals surface area (Å²) in [4.78, 5) is 4.29. The van der Waals surface area contributed by atoms with Gasteiger partial charge in [-0.25, -0.2) is 4.39 Å². The fraction of sp³-hybridized carbons (Fsp3) is 0.409. The van der Waals surface area contributed by atoms with E-state index < -0.39 is 0 Å². The molecule has 3 rings (SSSR count). The lowest BCUT2D eigenvalue weighted by Crippen LogP contribution is -2.41. The average molecular weight is 529 g/mol. The summed E-state index contributed by atoms with van der Waals surface area (Å²) in [6.07, 6.45) is 1.92. The first kappa shape index (κ1) is 24.0. The summed E-state index contributed by atoms with van der Waals surface area (Å²) in [5.74, 6) is 2.26. The third-order valence-electron chi connectivity index (χ3n) is 5.35. The second-order valence-corrected chi connectivity index (χ2v) is 7.03. The Hall–Kier alpha value is -2.23. The second-order valence-electron chi connectivity index (χ2n) is 7.03. The number of halogens is 2. The molecular formula is C22H29FIN3O3. The van der Waals surface area contributed by atoms with E-state index in [4.69, 9.17) is 14.2 Å². The summed E-state index contributed by atoms with van der Waals surface area (Å²) in [5.41, 5.74) is 1.51. The molecule has 8 heteroatoms. The Morgan fingerprint density at radius 1 is 1.00 bits per heavy atom. The van der Waals surface area contributed by atoms with E-state index in [9.17, 15) is 4.39 Å². The standard InChI is InChI=1S/C22H28FN3O3.HI/c1-24-21(26-14-22(11-12-22)16-7-5-6-8-17(16)23)25-13-15-9-10-18(27-2)20(29-4)19(15)28-3;/h5-10H,11-14H2,1-4H3,(H2,24,25,26);1H. The van der Waals surface area contributed by atoms with Crippen LogP contribution in [0.1, 0.15) is 24.0 Å². The molecule has 6 nitrogen and oxygen atoms in total. The van der Waals surface area contributed by atoms with Crippen molar-refractivity contribution < 1.29 is 18.6 Å². The van der Waals surface area contributed by atoms with Crippen molar-refractivity contribution in [2.45, 2.75) is 24.8 Å². The van der Waals surface area contributed by atoms with E-state index in [2.05, 4.69) is 15.6 Å². The summed E-state index contributed by atoms with van der Waals surface area (Å²) >= 11 is 0. The van der Waals surface area contributed by atoms with Crippen molar-refractivity contribution in [1.82, 2.24) is 10.6 Å². The van der Waals surface area contributed by atoms with Crippen molar-refractivity contribution in [2.75, 3.05) is 34.9 Å². The van der Waals surface area contributed by atoms with Crippen LogP contribution in [-0.2, 0) is 12.0 Å². The summed E-state index contributed by atoms with van der Waals surface area (Å²) in [6.45, 7) is 1.10. The summed E-state index contributed by atoms with van der Waals surface area (Å²) < 4.78 is 30.5. The van der Waals surface area contributed by atoms with Crippen molar-refractivity contribution in [2.24, 2.45) is 4.99 Å². The van der Waals surface area contributed by atoms with Crippen LogP contribution in [0.3, 0.4) is 0 Å². The zero-order valence-corrected chi connectivity index (χ0v) is 20.1. The monoisotopic (exact) mass is 529 g/mol. The molecule has 1 saturated carbocycles. The number of aliphatic imine (C=N–C) groups is 1. The number of benzene rings is 2. The molecule has 0 amide bonds. The summed E-state index contributed by atoms with van der Waals surface area (Å²) in [5, 5.41) is 6.62. The Kier molecular flexibility index (Phi) is 8.57. The lowest BCUT2D eigenvalue weighted by molar-refractivity contribution is 0.322. The Bertz CT molecular complexity index is 888. The molecule has 164 valence electrons. The van der Waals surface area contributed by atoms with Crippen LogP contribution in [0, 0.1) is 5.82 Å². The van der Waals surface area contributed by atoms with Gasteiger partial charge in [-0.2, -0.15) is 0 Å². The number of ether oxygens (including phenoxy) is 3. The molecule has 0 spiro atoms. The maximum Gasteiger partial charge on any atom is 0.203 e. The van der Waals surface area contributed by atoms with E-state index in [0.717, 1.165) is 24.0 Å². The molecule has 2 aromatic carbocycles. The number of methoxy groups -OCH3 is 3. The van der Waals surface area contributed by atoms with E-state index in [0.29, 0.717) is 36.3 Å². The molecule has 0 unspecified atom stereocenters. The van der Waals surface area contributed by atoms with E-state index in [1.807, 2.05) is 24.3 Å². The van der Waals surface area contributed by atoms with Crippen molar-refractivity contribution in [3.8, 4) is 17.2 Å². The van der Waals surface area contributed by atoms with Gasteiger partial charge in [-0.15, -0.1) is 24.0 Å². The minimum absolute atomic E-state index is 0. The third kappa shape index (κ3) is 5.08. The minimum atomic E-state index is -0.163.